The van der Waals surface area contributed by atoms with Crippen LogP contribution in [0.2, 0.25) is 10.0 Å². The number of fused-ring (bicyclic) bond motifs is 3. The minimum Gasteiger partial charge on any atom is -0.378 e. The summed E-state index contributed by atoms with van der Waals surface area (Å²) in [6.07, 6.45) is 4.13. The quantitative estimate of drug-likeness (QED) is 0.224. The van der Waals surface area contributed by atoms with E-state index < -0.39 is 5.60 Å². The summed E-state index contributed by atoms with van der Waals surface area (Å²) in [5.41, 5.74) is 4.33. The van der Waals surface area contributed by atoms with E-state index in [0.29, 0.717) is 48.8 Å². The molecule has 0 aliphatic carbocycles. The van der Waals surface area contributed by atoms with Crippen molar-refractivity contribution in [3.63, 3.8) is 0 Å². The highest BCUT2D eigenvalue weighted by atomic mass is 35.5. The van der Waals surface area contributed by atoms with Crippen LogP contribution in [0.3, 0.4) is 0 Å². The predicted molar refractivity (Wildman–Crippen MR) is 142 cm³/mol. The molecule has 176 valence electrons. The lowest BCUT2D eigenvalue weighted by Crippen LogP contribution is -2.14. The maximum Gasteiger partial charge on any atom is 0.256 e. The first kappa shape index (κ1) is 23.2. The third-order valence-electron chi connectivity index (χ3n) is 5.60. The van der Waals surface area contributed by atoms with E-state index in [9.17, 15) is 9.90 Å². The lowest BCUT2D eigenvalue weighted by Gasteiger charge is -2.17. The summed E-state index contributed by atoms with van der Waals surface area (Å²) in [7, 11) is 0. The summed E-state index contributed by atoms with van der Waals surface area (Å²) in [4.78, 5) is 20.4. The topological polar surface area (TPSA) is 102 Å². The number of aromatic nitrogens is 2. The molecule has 2 aromatic carbocycles. The molecule has 4 aromatic rings. The second-order valence-corrected chi connectivity index (χ2v) is 9.62. The standard InChI is InChI=1S/C26H21Cl2N5O2/c1-26(2,35)8-5-14-3-4-21-17(11-14)22-16(6-9-29-25(22)34)24(31-21)32-23-18(27)12-15(13-19(23)28)20-7-10-30-33-20/h3-4,6,9-13,20,33,35H,7H2,1-2H3,(H,29,34)(H,31,32). The highest BCUT2D eigenvalue weighted by Gasteiger charge is 2.19. The summed E-state index contributed by atoms with van der Waals surface area (Å²) in [6, 6.07) is 10.9. The maximum atomic E-state index is 12.9. The summed E-state index contributed by atoms with van der Waals surface area (Å²) < 4.78 is 0. The van der Waals surface area contributed by atoms with Crippen molar-refractivity contribution in [1.82, 2.24) is 15.4 Å². The van der Waals surface area contributed by atoms with E-state index in [1.165, 1.54) is 0 Å². The lowest BCUT2D eigenvalue weighted by atomic mass is 10.0. The zero-order chi connectivity index (χ0) is 24.7. The fourth-order valence-corrected chi connectivity index (χ4v) is 4.55. The third-order valence-corrected chi connectivity index (χ3v) is 6.20. The van der Waals surface area contributed by atoms with Gasteiger partial charge in [0.25, 0.3) is 5.56 Å². The van der Waals surface area contributed by atoms with E-state index in [1.54, 1.807) is 44.3 Å². The Balaban J connectivity index is 1.63. The van der Waals surface area contributed by atoms with E-state index in [4.69, 9.17) is 28.2 Å². The first-order chi connectivity index (χ1) is 16.7. The Kier molecular flexibility index (Phi) is 5.89. The zero-order valence-electron chi connectivity index (χ0n) is 18.9. The van der Waals surface area contributed by atoms with Crippen molar-refractivity contribution in [2.75, 3.05) is 5.32 Å². The van der Waals surface area contributed by atoms with Crippen molar-refractivity contribution in [2.45, 2.75) is 31.9 Å². The summed E-state index contributed by atoms with van der Waals surface area (Å²) in [5, 5.41) is 19.8. The van der Waals surface area contributed by atoms with Gasteiger partial charge in [-0.3, -0.25) is 4.79 Å². The highest BCUT2D eigenvalue weighted by molar-refractivity contribution is 6.39. The van der Waals surface area contributed by atoms with Crippen LogP contribution in [0.4, 0.5) is 11.5 Å². The van der Waals surface area contributed by atoms with E-state index in [-0.39, 0.29) is 11.6 Å². The van der Waals surface area contributed by atoms with Crippen LogP contribution < -0.4 is 16.3 Å². The molecule has 7 nitrogen and oxygen atoms in total. The molecule has 35 heavy (non-hydrogen) atoms. The Morgan fingerprint density at radius 1 is 1.14 bits per heavy atom. The Bertz CT molecular complexity index is 1600. The number of benzene rings is 2. The second-order valence-electron chi connectivity index (χ2n) is 8.81. The van der Waals surface area contributed by atoms with Gasteiger partial charge >= 0.3 is 0 Å². The Morgan fingerprint density at radius 2 is 1.91 bits per heavy atom. The van der Waals surface area contributed by atoms with Crippen LogP contribution in [-0.4, -0.2) is 26.9 Å². The number of halogens is 2. The van der Waals surface area contributed by atoms with Gasteiger partial charge in [0.05, 0.1) is 32.7 Å². The van der Waals surface area contributed by atoms with Crippen molar-refractivity contribution in [3.8, 4) is 11.8 Å². The van der Waals surface area contributed by atoms with Gasteiger partial charge in [0, 0.05) is 35.2 Å². The van der Waals surface area contributed by atoms with Crippen LogP contribution in [0.25, 0.3) is 21.7 Å². The maximum absolute atomic E-state index is 12.9. The number of anilines is 2. The first-order valence-electron chi connectivity index (χ1n) is 10.9. The van der Waals surface area contributed by atoms with E-state index >= 15 is 0 Å². The minimum atomic E-state index is -1.13. The van der Waals surface area contributed by atoms with Crippen LogP contribution in [0.15, 0.2) is 52.5 Å². The summed E-state index contributed by atoms with van der Waals surface area (Å²) in [6.45, 7) is 3.23. The number of hydrazone groups is 1. The molecule has 0 fully saturated rings. The van der Waals surface area contributed by atoms with Crippen molar-refractivity contribution >= 4 is 62.6 Å². The number of pyridine rings is 2. The fraction of sp³-hybridized carbons (Fsp3) is 0.192. The van der Waals surface area contributed by atoms with Gasteiger partial charge in [0.2, 0.25) is 0 Å². The van der Waals surface area contributed by atoms with Gasteiger partial charge in [0.1, 0.15) is 11.4 Å². The molecule has 1 aliphatic rings. The van der Waals surface area contributed by atoms with Gasteiger partial charge in [-0.2, -0.15) is 5.10 Å². The van der Waals surface area contributed by atoms with E-state index in [0.717, 1.165) is 12.0 Å². The van der Waals surface area contributed by atoms with Gasteiger partial charge in [0.15, 0.2) is 0 Å². The number of nitrogens with one attached hydrogen (secondary N) is 3. The number of hydrogen-bond donors (Lipinski definition) is 4. The molecule has 4 N–H and O–H groups in total. The molecule has 2 aromatic heterocycles. The average Bonchev–Trinajstić information content (AvgIpc) is 3.34. The van der Waals surface area contributed by atoms with Crippen LogP contribution in [0.1, 0.15) is 37.4 Å². The molecule has 5 rings (SSSR count). The molecule has 1 atom stereocenters. The van der Waals surface area contributed by atoms with Crippen LogP contribution in [0, 0.1) is 11.8 Å². The number of nitrogens with zero attached hydrogens (tertiary/aromatic N) is 2. The molecule has 3 heterocycles. The van der Waals surface area contributed by atoms with Gasteiger partial charge in [-0.1, -0.05) is 35.0 Å². The Labute approximate surface area is 211 Å². The Morgan fingerprint density at radius 3 is 2.60 bits per heavy atom. The zero-order valence-corrected chi connectivity index (χ0v) is 20.4. The smallest absolute Gasteiger partial charge is 0.256 e. The van der Waals surface area contributed by atoms with Gasteiger partial charge in [-0.05, 0) is 55.8 Å². The van der Waals surface area contributed by atoms with Crippen molar-refractivity contribution in [3.05, 3.63) is 74.1 Å². The highest BCUT2D eigenvalue weighted by Crippen LogP contribution is 2.38. The number of aliphatic hydroxyl groups is 1. The SMILES string of the molecule is CC(C)(O)C#Cc1ccc2nc(Nc3c(Cl)cc(C4CC=NN4)cc3Cl)c3cc[nH]c(=O)c3c2c1. The molecule has 0 saturated carbocycles. The Hall–Kier alpha value is -3.57. The number of aromatic amines is 1. The number of hydrogen-bond acceptors (Lipinski definition) is 6. The monoisotopic (exact) mass is 505 g/mol. The molecule has 0 radical (unpaired) electrons. The van der Waals surface area contributed by atoms with Gasteiger partial charge < -0.3 is 20.8 Å². The minimum absolute atomic E-state index is 0.0194. The normalized spacial score (nSPS) is 15.2. The summed E-state index contributed by atoms with van der Waals surface area (Å²) in [5.74, 6) is 6.20. The van der Waals surface area contributed by atoms with Gasteiger partial charge in [-0.25, -0.2) is 4.98 Å². The molecule has 9 heteroatoms. The second kappa shape index (κ2) is 8.90. The van der Waals surface area contributed by atoms with Gasteiger partial charge in [-0.15, -0.1) is 0 Å². The van der Waals surface area contributed by atoms with Crippen molar-refractivity contribution < 1.29 is 5.11 Å². The molecule has 0 spiro atoms. The lowest BCUT2D eigenvalue weighted by molar-refractivity contribution is 0.143. The molecular formula is C26H21Cl2N5O2. The van der Waals surface area contributed by atoms with Crippen LogP contribution in [-0.2, 0) is 0 Å². The fourth-order valence-electron chi connectivity index (χ4n) is 3.95. The van der Waals surface area contributed by atoms with Crippen molar-refractivity contribution in [2.24, 2.45) is 5.10 Å². The van der Waals surface area contributed by atoms with Crippen LogP contribution >= 0.6 is 23.2 Å². The largest absolute Gasteiger partial charge is 0.378 e. The summed E-state index contributed by atoms with van der Waals surface area (Å²) >= 11 is 13.2. The predicted octanol–water partition coefficient (Wildman–Crippen LogP) is 5.27. The first-order valence-corrected chi connectivity index (χ1v) is 11.7. The number of H-pyrrole nitrogens is 1. The average molecular weight is 506 g/mol. The third kappa shape index (κ3) is 4.69. The van der Waals surface area contributed by atoms with E-state index in [1.807, 2.05) is 18.3 Å². The van der Waals surface area contributed by atoms with Crippen LogP contribution in [0.5, 0.6) is 0 Å². The molecular weight excluding hydrogens is 485 g/mol. The number of rotatable bonds is 3. The van der Waals surface area contributed by atoms with E-state index in [2.05, 4.69) is 32.7 Å². The molecule has 0 saturated heterocycles. The molecule has 1 unspecified atom stereocenters. The molecule has 1 aliphatic heterocycles. The van der Waals surface area contributed by atoms with Crippen molar-refractivity contribution in [1.29, 1.82) is 0 Å². The molecule has 0 bridgehead atoms. The molecule has 0 amide bonds.